The fraction of sp³-hybridized carbons (Fsp3) is 0.895. The maximum atomic E-state index is 12.1. The van der Waals surface area contributed by atoms with Gasteiger partial charge >= 0.3 is 12.1 Å². The Morgan fingerprint density at radius 1 is 1.00 bits per heavy atom. The zero-order chi connectivity index (χ0) is 21.8. The zero-order valence-electron chi connectivity index (χ0n) is 17.9. The summed E-state index contributed by atoms with van der Waals surface area (Å²) in [6, 6.07) is -1.24. The molecule has 3 aliphatic heterocycles. The lowest BCUT2D eigenvalue weighted by molar-refractivity contribution is -0.236. The molecule has 3 saturated heterocycles. The summed E-state index contributed by atoms with van der Waals surface area (Å²) in [5, 5.41) is 12.0. The van der Waals surface area contributed by atoms with Crippen LogP contribution in [0.2, 0.25) is 0 Å². The molecule has 0 saturated carbocycles. The minimum Gasteiger partial charge on any atom is -0.480 e. The van der Waals surface area contributed by atoms with Crippen molar-refractivity contribution in [2.45, 2.75) is 109 Å². The minimum absolute atomic E-state index is 0.0534. The molecular weight excluding hydrogens is 386 g/mol. The molecule has 0 radical (unpaired) electrons. The van der Waals surface area contributed by atoms with Crippen LogP contribution in [0.1, 0.15) is 54.9 Å². The normalized spacial score (nSPS) is 36.0. The predicted molar refractivity (Wildman–Crippen MR) is 97.9 cm³/mol. The summed E-state index contributed by atoms with van der Waals surface area (Å²) in [6.45, 7) is 12.2. The van der Waals surface area contributed by atoms with Gasteiger partial charge in [0.2, 0.25) is 0 Å². The van der Waals surface area contributed by atoms with Gasteiger partial charge in [0, 0.05) is 6.42 Å². The fourth-order valence-electron chi connectivity index (χ4n) is 3.79. The Morgan fingerprint density at radius 2 is 1.55 bits per heavy atom. The monoisotopic (exact) mass is 417 g/mol. The van der Waals surface area contributed by atoms with Gasteiger partial charge in [-0.3, -0.25) is 0 Å². The molecule has 10 heteroatoms. The van der Waals surface area contributed by atoms with Crippen molar-refractivity contribution in [3.63, 3.8) is 0 Å². The number of hydrogen-bond donors (Lipinski definition) is 2. The molecule has 0 aromatic carbocycles. The van der Waals surface area contributed by atoms with Crippen molar-refractivity contribution in [2.24, 2.45) is 0 Å². The van der Waals surface area contributed by atoms with Gasteiger partial charge in [-0.1, -0.05) is 0 Å². The third kappa shape index (κ3) is 5.18. The van der Waals surface area contributed by atoms with Crippen LogP contribution >= 0.6 is 0 Å². The quantitative estimate of drug-likeness (QED) is 0.704. The van der Waals surface area contributed by atoms with Gasteiger partial charge in [-0.25, -0.2) is 9.59 Å². The Kier molecular flexibility index (Phi) is 5.63. The number of carbonyl (C=O) groups excluding carboxylic acids is 1. The van der Waals surface area contributed by atoms with Crippen LogP contribution in [0, 0.1) is 0 Å². The minimum atomic E-state index is -1.24. The van der Waals surface area contributed by atoms with Gasteiger partial charge in [-0.05, 0) is 48.5 Å². The van der Waals surface area contributed by atoms with Crippen molar-refractivity contribution >= 4 is 12.1 Å². The molecule has 3 fully saturated rings. The van der Waals surface area contributed by atoms with Crippen LogP contribution in [0.15, 0.2) is 0 Å². The van der Waals surface area contributed by atoms with Crippen molar-refractivity contribution < 1.29 is 43.1 Å². The first-order valence-electron chi connectivity index (χ1n) is 9.75. The summed E-state index contributed by atoms with van der Waals surface area (Å²) in [6.07, 6.45) is -3.88. The van der Waals surface area contributed by atoms with E-state index in [2.05, 4.69) is 5.32 Å². The summed E-state index contributed by atoms with van der Waals surface area (Å²) in [7, 11) is 0. The highest BCUT2D eigenvalue weighted by molar-refractivity contribution is 5.80. The van der Waals surface area contributed by atoms with Crippen LogP contribution in [0.4, 0.5) is 4.79 Å². The van der Waals surface area contributed by atoms with E-state index in [4.69, 9.17) is 28.4 Å². The van der Waals surface area contributed by atoms with E-state index in [-0.39, 0.29) is 6.42 Å². The van der Waals surface area contributed by atoms with E-state index >= 15 is 0 Å². The van der Waals surface area contributed by atoms with Gasteiger partial charge in [0.15, 0.2) is 17.9 Å². The molecule has 3 aliphatic rings. The predicted octanol–water partition coefficient (Wildman–Crippen LogP) is 1.75. The molecule has 0 aliphatic carbocycles. The molecule has 0 spiro atoms. The van der Waals surface area contributed by atoms with E-state index in [1.54, 1.807) is 48.5 Å². The first-order chi connectivity index (χ1) is 13.2. The highest BCUT2D eigenvalue weighted by Crippen LogP contribution is 2.44. The van der Waals surface area contributed by atoms with Gasteiger partial charge in [0.05, 0.1) is 6.10 Å². The summed E-state index contributed by atoms with van der Waals surface area (Å²) in [5.74, 6) is -2.97. The number of fused-ring (bicyclic) bond motifs is 3. The van der Waals surface area contributed by atoms with E-state index < -0.39 is 66.0 Å². The van der Waals surface area contributed by atoms with E-state index in [0.717, 1.165) is 0 Å². The zero-order valence-corrected chi connectivity index (χ0v) is 17.9. The molecule has 0 bridgehead atoms. The van der Waals surface area contributed by atoms with Crippen LogP contribution in [-0.2, 0) is 33.2 Å². The number of hydrogen-bond acceptors (Lipinski definition) is 8. The number of nitrogens with one attached hydrogen (secondary N) is 1. The lowest BCUT2D eigenvalue weighted by Crippen LogP contribution is -2.57. The highest BCUT2D eigenvalue weighted by atomic mass is 16.9. The maximum absolute atomic E-state index is 12.1. The van der Waals surface area contributed by atoms with E-state index in [1.165, 1.54) is 0 Å². The largest absolute Gasteiger partial charge is 0.480 e. The molecule has 0 aromatic rings. The topological polar surface area (TPSA) is 122 Å². The average molecular weight is 417 g/mol. The third-order valence-electron chi connectivity index (χ3n) is 4.71. The van der Waals surface area contributed by atoms with Crippen molar-refractivity contribution in [2.75, 3.05) is 0 Å². The smallest absolute Gasteiger partial charge is 0.408 e. The highest BCUT2D eigenvalue weighted by Gasteiger charge is 2.61. The van der Waals surface area contributed by atoms with E-state index in [0.29, 0.717) is 0 Å². The summed E-state index contributed by atoms with van der Waals surface area (Å²) < 4.78 is 34.9. The van der Waals surface area contributed by atoms with Crippen molar-refractivity contribution in [1.29, 1.82) is 0 Å². The Bertz CT molecular complexity index is 657. The second kappa shape index (κ2) is 7.35. The van der Waals surface area contributed by atoms with Crippen molar-refractivity contribution in [1.82, 2.24) is 5.32 Å². The SMILES string of the molecule is CC(C)(C)OC(=O)N[C@@H](C[C@H]1O[C@@H]2OC(C)(C)O[C@@H]2[C@H]2OC(C)(C)O[C@H]21)C(=O)O. The van der Waals surface area contributed by atoms with Gasteiger partial charge in [0.25, 0.3) is 0 Å². The summed E-state index contributed by atoms with van der Waals surface area (Å²) >= 11 is 0. The lowest BCUT2D eigenvalue weighted by Gasteiger charge is -2.38. The second-order valence-corrected chi connectivity index (χ2v) is 9.48. The van der Waals surface area contributed by atoms with Gasteiger partial charge in [0.1, 0.15) is 30.0 Å². The molecule has 0 unspecified atom stereocenters. The Labute approximate surface area is 170 Å². The Morgan fingerprint density at radius 3 is 2.14 bits per heavy atom. The molecule has 3 rings (SSSR count). The first-order valence-corrected chi connectivity index (χ1v) is 9.75. The Hall–Kier alpha value is -1.46. The van der Waals surface area contributed by atoms with Crippen LogP contribution in [-0.4, -0.2) is 71.1 Å². The van der Waals surface area contributed by atoms with E-state index in [9.17, 15) is 14.7 Å². The molecule has 1 amide bonds. The van der Waals surface area contributed by atoms with Crippen LogP contribution < -0.4 is 5.32 Å². The second-order valence-electron chi connectivity index (χ2n) is 9.48. The fourth-order valence-corrected chi connectivity index (χ4v) is 3.79. The molecule has 6 atom stereocenters. The molecule has 3 heterocycles. The number of carboxylic acid groups (broad SMARTS) is 1. The van der Waals surface area contributed by atoms with Gasteiger partial charge in [-0.2, -0.15) is 0 Å². The molecular formula is C19H31NO9. The van der Waals surface area contributed by atoms with Gasteiger partial charge < -0.3 is 38.8 Å². The summed E-state index contributed by atoms with van der Waals surface area (Å²) in [5.41, 5.74) is -0.750. The lowest BCUT2D eigenvalue weighted by atomic mass is 9.94. The average Bonchev–Trinajstić information content (AvgIpc) is 2.99. The molecule has 10 nitrogen and oxygen atoms in total. The number of rotatable bonds is 4. The standard InChI is InChI=1S/C19H31NO9/c1-17(2,3)29-16(23)20-9(14(21)22)8-10-11-12(26-18(4,5)25-11)13-15(24-10)28-19(6,7)27-13/h9-13,15H,8H2,1-7H3,(H,20,23)(H,21,22)/t9-,10+,11-,12-,13+,15+/m0/s1. The van der Waals surface area contributed by atoms with Crippen LogP contribution in [0.3, 0.4) is 0 Å². The number of amides is 1. The van der Waals surface area contributed by atoms with Crippen molar-refractivity contribution in [3.8, 4) is 0 Å². The number of carbonyl (C=O) groups is 2. The summed E-state index contributed by atoms with van der Waals surface area (Å²) in [4.78, 5) is 23.8. The molecule has 2 N–H and O–H groups in total. The molecule has 29 heavy (non-hydrogen) atoms. The molecule has 166 valence electrons. The number of aliphatic carboxylic acids is 1. The van der Waals surface area contributed by atoms with Crippen LogP contribution in [0.25, 0.3) is 0 Å². The first kappa shape index (κ1) is 22.2. The van der Waals surface area contributed by atoms with Crippen molar-refractivity contribution in [3.05, 3.63) is 0 Å². The number of carboxylic acids is 1. The third-order valence-corrected chi connectivity index (χ3v) is 4.71. The molecule has 0 aromatic heterocycles. The van der Waals surface area contributed by atoms with Gasteiger partial charge in [-0.15, -0.1) is 0 Å². The van der Waals surface area contributed by atoms with Crippen LogP contribution in [0.5, 0.6) is 0 Å². The number of ether oxygens (including phenoxy) is 6. The van der Waals surface area contributed by atoms with E-state index in [1.807, 2.05) is 0 Å². The Balaban J connectivity index is 1.75. The number of alkyl carbamates (subject to hydrolysis) is 1. The maximum Gasteiger partial charge on any atom is 0.408 e.